The third kappa shape index (κ3) is 5.10. The monoisotopic (exact) mass is 518 g/mol. The average molecular weight is 519 g/mol. The van der Waals surface area contributed by atoms with E-state index < -0.39 is 51.5 Å². The Labute approximate surface area is 197 Å². The minimum absolute atomic E-state index is 0.0655. The number of aliphatic carboxylic acids is 1. The fourth-order valence-corrected chi connectivity index (χ4v) is 4.69. The molecule has 3 heterocycles. The van der Waals surface area contributed by atoms with Gasteiger partial charge in [-0.25, -0.2) is 14.1 Å². The molecule has 3 rings (SSSR count). The number of β-lactam (4-membered cyclic amide) rings is 1. The van der Waals surface area contributed by atoms with Crippen molar-refractivity contribution in [3.63, 3.8) is 0 Å². The van der Waals surface area contributed by atoms with Crippen molar-refractivity contribution >= 4 is 56.2 Å². The molecule has 1 aromatic rings. The van der Waals surface area contributed by atoms with Gasteiger partial charge in [-0.2, -0.15) is 8.42 Å². The Morgan fingerprint density at radius 3 is 2.59 bits per heavy atom. The van der Waals surface area contributed by atoms with E-state index in [9.17, 15) is 37.3 Å². The molecule has 2 unspecified atom stereocenters. The van der Waals surface area contributed by atoms with Crippen molar-refractivity contribution in [3.8, 4) is 0 Å². The number of amides is 3. The maximum atomic E-state index is 13.0. The normalized spacial score (nSPS) is 21.4. The molecular formula is C17H22N6O9S2. The summed E-state index contributed by atoms with van der Waals surface area (Å²) in [7, 11) is -4.95. The number of carboxylic acids is 1. The van der Waals surface area contributed by atoms with E-state index in [4.69, 9.17) is 10.6 Å². The maximum absolute atomic E-state index is 13.0. The first-order valence-corrected chi connectivity index (χ1v) is 12.1. The van der Waals surface area contributed by atoms with Crippen LogP contribution in [0.3, 0.4) is 0 Å². The molecule has 15 nitrogen and oxygen atoms in total. The van der Waals surface area contributed by atoms with Gasteiger partial charge in [0.2, 0.25) is 11.5 Å². The average Bonchev–Trinajstić information content (AvgIpc) is 3.32. The van der Waals surface area contributed by atoms with Crippen molar-refractivity contribution in [2.24, 2.45) is 5.16 Å². The van der Waals surface area contributed by atoms with Gasteiger partial charge in [0.25, 0.3) is 11.8 Å². The lowest BCUT2D eigenvalue weighted by atomic mass is 9.97. The number of carbonyl (C=O) groups excluding carboxylic acids is 3. The zero-order valence-corrected chi connectivity index (χ0v) is 19.6. The van der Waals surface area contributed by atoms with Crippen LogP contribution in [0.2, 0.25) is 0 Å². The number of nitrogens with two attached hydrogens (primary N) is 1. The number of carboxylic acid groups (broad SMARTS) is 1. The summed E-state index contributed by atoms with van der Waals surface area (Å²) in [5.41, 5.74) is 3.18. The first kappa shape index (κ1) is 25.3. The number of hydrogen-bond donors (Lipinski definition) is 4. The molecule has 1 aromatic heterocycles. The Morgan fingerprint density at radius 2 is 2.09 bits per heavy atom. The molecule has 2 aliphatic rings. The number of nitrogen functional groups attached to an aromatic ring is 1. The van der Waals surface area contributed by atoms with E-state index in [1.165, 1.54) is 24.1 Å². The summed E-state index contributed by atoms with van der Waals surface area (Å²) < 4.78 is 33.0. The minimum atomic E-state index is -4.95. The Kier molecular flexibility index (Phi) is 6.81. The van der Waals surface area contributed by atoms with Gasteiger partial charge in [0.15, 0.2) is 10.8 Å². The van der Waals surface area contributed by atoms with Crippen LogP contribution in [-0.2, 0) is 34.3 Å². The number of hydrogen-bond acceptors (Lipinski definition) is 11. The first-order valence-electron chi connectivity index (χ1n) is 9.82. The molecule has 0 radical (unpaired) electrons. The summed E-state index contributed by atoms with van der Waals surface area (Å²) in [6.45, 7) is 2.46. The molecule has 5 N–H and O–H groups in total. The lowest BCUT2D eigenvalue weighted by Crippen LogP contribution is -2.74. The van der Waals surface area contributed by atoms with Crippen molar-refractivity contribution in [3.05, 3.63) is 11.1 Å². The molecule has 17 heteroatoms. The highest BCUT2D eigenvalue weighted by Gasteiger charge is 2.55. The highest BCUT2D eigenvalue weighted by atomic mass is 32.2. The van der Waals surface area contributed by atoms with Crippen LogP contribution in [0.15, 0.2) is 10.5 Å². The van der Waals surface area contributed by atoms with Gasteiger partial charge in [-0.1, -0.05) is 5.16 Å². The summed E-state index contributed by atoms with van der Waals surface area (Å²) in [5.74, 6) is -3.81. The number of likely N-dealkylation sites (tertiary alicyclic amines) is 1. The second kappa shape index (κ2) is 9.15. The van der Waals surface area contributed by atoms with Crippen LogP contribution >= 0.6 is 11.3 Å². The Hall–Kier alpha value is -3.31. The molecule has 0 bridgehead atoms. The molecule has 186 valence electrons. The molecular weight excluding hydrogens is 496 g/mol. The number of carbonyl (C=O) groups is 4. The second-order valence-electron chi connectivity index (χ2n) is 7.99. The van der Waals surface area contributed by atoms with Crippen LogP contribution in [0.4, 0.5) is 5.13 Å². The van der Waals surface area contributed by atoms with Gasteiger partial charge < -0.3 is 25.9 Å². The predicted octanol–water partition coefficient (Wildman–Crippen LogP) is -1.57. The minimum Gasteiger partial charge on any atom is -0.478 e. The van der Waals surface area contributed by atoms with E-state index in [1.54, 1.807) is 0 Å². The van der Waals surface area contributed by atoms with Gasteiger partial charge in [-0.3, -0.25) is 18.9 Å². The van der Waals surface area contributed by atoms with Gasteiger partial charge in [0, 0.05) is 24.9 Å². The van der Waals surface area contributed by atoms with Crippen molar-refractivity contribution in [1.82, 2.24) is 19.5 Å². The summed E-state index contributed by atoms with van der Waals surface area (Å²) >= 11 is 0.957. The van der Waals surface area contributed by atoms with Crippen LogP contribution < -0.4 is 11.1 Å². The molecule has 0 saturated carbocycles. The standard InChI is InChI=1S/C17H22N6O9S2/c1-17(2,15(27)28)32-21-11(8-7-33-16(18)19-8)13(25)20-12-9(6-22-5-3-4-10(22)24)23(14(12)26)34(29,30)31/h7,9,12H,3-6H2,1-2H3,(H2,18,19)(H,20,25)(H,27,28)(H,29,30,31)/b21-11-. The highest BCUT2D eigenvalue weighted by Crippen LogP contribution is 2.26. The van der Waals surface area contributed by atoms with Crippen LogP contribution in [0, 0.1) is 0 Å². The Bertz CT molecular complexity index is 1160. The molecule has 0 spiro atoms. The van der Waals surface area contributed by atoms with E-state index >= 15 is 0 Å². The van der Waals surface area contributed by atoms with Gasteiger partial charge >= 0.3 is 16.3 Å². The number of nitrogens with zero attached hydrogens (tertiary/aromatic N) is 4. The van der Waals surface area contributed by atoms with Gasteiger partial charge in [0.1, 0.15) is 11.7 Å². The van der Waals surface area contributed by atoms with Gasteiger partial charge in [-0.15, -0.1) is 11.3 Å². The molecule has 0 aromatic carbocycles. The SMILES string of the molecule is CC(C)(O/N=C(\C(=O)NC1C(=O)N(S(=O)(=O)O)C1CN1CCCC1=O)c1csc(N)n1)C(=O)O. The lowest BCUT2D eigenvalue weighted by Gasteiger charge is -2.45. The smallest absolute Gasteiger partial charge is 0.362 e. The largest absolute Gasteiger partial charge is 0.478 e. The molecule has 2 aliphatic heterocycles. The molecule has 2 atom stereocenters. The van der Waals surface area contributed by atoms with Crippen LogP contribution in [0.25, 0.3) is 0 Å². The molecule has 2 fully saturated rings. The van der Waals surface area contributed by atoms with Crippen LogP contribution in [0.5, 0.6) is 0 Å². The highest BCUT2D eigenvalue weighted by molar-refractivity contribution is 7.84. The fourth-order valence-electron chi connectivity index (χ4n) is 3.27. The number of aromatic nitrogens is 1. The van der Waals surface area contributed by atoms with E-state index in [0.717, 1.165) is 11.3 Å². The number of oxime groups is 1. The topological polar surface area (TPSA) is 222 Å². The zero-order valence-electron chi connectivity index (χ0n) is 18.0. The molecule has 0 aliphatic carbocycles. The third-order valence-corrected chi connectivity index (χ3v) is 6.76. The quantitative estimate of drug-likeness (QED) is 0.126. The maximum Gasteiger partial charge on any atom is 0.362 e. The number of rotatable bonds is 9. The van der Waals surface area contributed by atoms with Crippen LogP contribution in [-0.4, -0.2) is 92.4 Å². The summed E-state index contributed by atoms with van der Waals surface area (Å²) in [5, 5.41) is 16.5. The van der Waals surface area contributed by atoms with Gasteiger partial charge in [0.05, 0.1) is 6.04 Å². The molecule has 2 saturated heterocycles. The second-order valence-corrected chi connectivity index (χ2v) is 10.2. The molecule has 34 heavy (non-hydrogen) atoms. The van der Waals surface area contributed by atoms with Crippen molar-refractivity contribution in [2.75, 3.05) is 18.8 Å². The van der Waals surface area contributed by atoms with Crippen molar-refractivity contribution < 1.29 is 42.1 Å². The number of nitrogens with one attached hydrogen (secondary N) is 1. The summed E-state index contributed by atoms with van der Waals surface area (Å²) in [6, 6.07) is -2.71. The predicted molar refractivity (Wildman–Crippen MR) is 116 cm³/mol. The van der Waals surface area contributed by atoms with E-state index in [2.05, 4.69) is 15.5 Å². The molecule has 3 amide bonds. The van der Waals surface area contributed by atoms with Crippen molar-refractivity contribution in [2.45, 2.75) is 44.4 Å². The summed E-state index contributed by atoms with van der Waals surface area (Å²) in [6.07, 6.45) is 0.795. The van der Waals surface area contributed by atoms with Gasteiger partial charge in [-0.05, 0) is 20.3 Å². The third-order valence-electron chi connectivity index (χ3n) is 5.14. The first-order chi connectivity index (χ1) is 15.7. The number of anilines is 1. The van der Waals surface area contributed by atoms with Crippen molar-refractivity contribution in [1.29, 1.82) is 0 Å². The lowest BCUT2D eigenvalue weighted by molar-refractivity contribution is -0.161. The van der Waals surface area contributed by atoms with E-state index in [1.807, 2.05) is 0 Å². The summed E-state index contributed by atoms with van der Waals surface area (Å²) in [4.78, 5) is 58.9. The number of thiazole rings is 1. The van der Waals surface area contributed by atoms with E-state index in [-0.39, 0.29) is 34.0 Å². The fraction of sp³-hybridized carbons (Fsp3) is 0.529. The zero-order chi connectivity index (χ0) is 25.4. The Morgan fingerprint density at radius 1 is 1.41 bits per heavy atom. The van der Waals surface area contributed by atoms with Crippen LogP contribution in [0.1, 0.15) is 32.4 Å². The van der Waals surface area contributed by atoms with E-state index in [0.29, 0.717) is 13.0 Å². The Balaban J connectivity index is 1.87.